The van der Waals surface area contributed by atoms with Crippen LogP contribution in [-0.2, 0) is 10.3 Å². The van der Waals surface area contributed by atoms with Crippen LogP contribution in [0, 0.1) is 0 Å². The Morgan fingerprint density at radius 3 is 2.80 bits per heavy atom. The molecule has 4 N–H and O–H groups in total. The lowest BCUT2D eigenvalue weighted by Gasteiger charge is -2.26. The third-order valence-corrected chi connectivity index (χ3v) is 2.79. The van der Waals surface area contributed by atoms with E-state index in [0.717, 1.165) is 25.7 Å². The van der Waals surface area contributed by atoms with Gasteiger partial charge in [0.25, 0.3) is 0 Å². The number of nitrogens with zero attached hydrogens (tertiary/aromatic N) is 3. The van der Waals surface area contributed by atoms with Crippen LogP contribution in [0.3, 0.4) is 0 Å². The van der Waals surface area contributed by atoms with Gasteiger partial charge in [-0.1, -0.05) is 18.1 Å². The van der Waals surface area contributed by atoms with E-state index < -0.39 is 5.54 Å². The minimum absolute atomic E-state index is 0.0143. The van der Waals surface area contributed by atoms with Crippen molar-refractivity contribution in [3.05, 3.63) is 5.82 Å². The van der Waals surface area contributed by atoms with Crippen molar-refractivity contribution < 1.29 is 4.79 Å². The van der Waals surface area contributed by atoms with E-state index >= 15 is 0 Å². The van der Waals surface area contributed by atoms with Gasteiger partial charge in [-0.3, -0.25) is 4.79 Å². The van der Waals surface area contributed by atoms with Crippen LogP contribution in [0.15, 0.2) is 0 Å². The molecular formula is C8H14N6O. The fraction of sp³-hybridized carbons (Fsp3) is 0.750. The zero-order valence-corrected chi connectivity index (χ0v) is 8.36. The van der Waals surface area contributed by atoms with Gasteiger partial charge in [0.2, 0.25) is 5.91 Å². The molecule has 2 rings (SSSR count). The minimum Gasteiger partial charge on any atom is -0.342 e. The lowest BCUT2D eigenvalue weighted by molar-refractivity contribution is -0.121. The van der Waals surface area contributed by atoms with Gasteiger partial charge in [-0.2, -0.15) is 5.21 Å². The second-order valence-electron chi connectivity index (χ2n) is 3.78. The number of H-pyrrole nitrogens is 1. The summed E-state index contributed by atoms with van der Waals surface area (Å²) in [5.41, 5.74) is 4.83. The number of rotatable bonds is 3. The molecule has 82 valence electrons. The highest BCUT2D eigenvalue weighted by Crippen LogP contribution is 2.36. The molecule has 0 aromatic carbocycles. The Kier molecular flexibility index (Phi) is 2.63. The number of nitrogens with one attached hydrogen (secondary N) is 2. The molecular weight excluding hydrogens is 196 g/mol. The van der Waals surface area contributed by atoms with E-state index in [1.165, 1.54) is 0 Å². The number of hydrogen-bond acceptors (Lipinski definition) is 5. The maximum absolute atomic E-state index is 11.3. The van der Waals surface area contributed by atoms with Gasteiger partial charge in [0.05, 0.1) is 6.54 Å². The van der Waals surface area contributed by atoms with Crippen molar-refractivity contribution in [2.24, 2.45) is 5.73 Å². The number of nitrogens with two attached hydrogens (primary N) is 1. The highest BCUT2D eigenvalue weighted by Gasteiger charge is 2.40. The van der Waals surface area contributed by atoms with Gasteiger partial charge in [-0.05, 0) is 12.8 Å². The molecule has 0 spiro atoms. The van der Waals surface area contributed by atoms with E-state index in [-0.39, 0.29) is 12.5 Å². The molecule has 1 saturated carbocycles. The van der Waals surface area contributed by atoms with Crippen molar-refractivity contribution in [1.82, 2.24) is 25.9 Å². The normalized spacial score (nSPS) is 19.0. The van der Waals surface area contributed by atoms with Crippen molar-refractivity contribution in [3.8, 4) is 0 Å². The molecule has 7 heteroatoms. The Bertz CT molecular complexity index is 329. The lowest BCUT2D eigenvalue weighted by Crippen LogP contribution is -2.47. The summed E-state index contributed by atoms with van der Waals surface area (Å²) in [6.45, 7) is -0.0143. The molecule has 1 aromatic heterocycles. The van der Waals surface area contributed by atoms with Gasteiger partial charge in [-0.25, -0.2) is 0 Å². The van der Waals surface area contributed by atoms with Crippen molar-refractivity contribution in [1.29, 1.82) is 0 Å². The molecule has 1 heterocycles. The maximum Gasteiger partial charge on any atom is 0.234 e. The van der Waals surface area contributed by atoms with E-state index in [1.54, 1.807) is 0 Å². The molecule has 1 amide bonds. The Labute approximate surface area is 86.8 Å². The largest absolute Gasteiger partial charge is 0.342 e. The van der Waals surface area contributed by atoms with Crippen LogP contribution in [-0.4, -0.2) is 33.1 Å². The Morgan fingerprint density at radius 2 is 2.27 bits per heavy atom. The van der Waals surface area contributed by atoms with Crippen LogP contribution >= 0.6 is 0 Å². The van der Waals surface area contributed by atoms with Gasteiger partial charge in [0, 0.05) is 0 Å². The number of carbonyl (C=O) groups is 1. The molecule has 0 radical (unpaired) electrons. The Balaban J connectivity index is 2.21. The van der Waals surface area contributed by atoms with Crippen molar-refractivity contribution in [3.63, 3.8) is 0 Å². The monoisotopic (exact) mass is 210 g/mol. The molecule has 0 aliphatic heterocycles. The van der Waals surface area contributed by atoms with Gasteiger partial charge in [-0.15, -0.1) is 10.2 Å². The van der Waals surface area contributed by atoms with Crippen LogP contribution in [0.25, 0.3) is 0 Å². The van der Waals surface area contributed by atoms with Crippen LogP contribution in [0.2, 0.25) is 0 Å². The van der Waals surface area contributed by atoms with Crippen LogP contribution in [0.1, 0.15) is 31.5 Å². The number of aromatic nitrogens is 4. The van der Waals surface area contributed by atoms with Crippen molar-refractivity contribution >= 4 is 5.91 Å². The number of tetrazole rings is 1. The minimum atomic E-state index is -0.455. The molecule has 1 fully saturated rings. The van der Waals surface area contributed by atoms with Crippen LogP contribution in [0.5, 0.6) is 0 Å². The first-order valence-electron chi connectivity index (χ1n) is 5.02. The number of hydrogen-bond donors (Lipinski definition) is 3. The number of aromatic amines is 1. The molecule has 0 saturated heterocycles. The summed E-state index contributed by atoms with van der Waals surface area (Å²) in [7, 11) is 0. The number of carbonyl (C=O) groups excluding carboxylic acids is 1. The first-order chi connectivity index (χ1) is 7.27. The fourth-order valence-corrected chi connectivity index (χ4v) is 2.07. The van der Waals surface area contributed by atoms with E-state index in [2.05, 4.69) is 25.9 Å². The van der Waals surface area contributed by atoms with Gasteiger partial charge < -0.3 is 11.1 Å². The van der Waals surface area contributed by atoms with Crippen molar-refractivity contribution in [2.45, 2.75) is 31.2 Å². The predicted molar refractivity (Wildman–Crippen MR) is 51.5 cm³/mol. The second kappa shape index (κ2) is 3.93. The molecule has 0 unspecified atom stereocenters. The zero-order valence-electron chi connectivity index (χ0n) is 8.36. The summed E-state index contributed by atoms with van der Waals surface area (Å²) in [5.74, 6) is 0.378. The standard InChI is InChI=1S/C8H14N6O/c9-5-6(15)10-8(3-1-2-4-8)7-11-13-14-12-7/h1-5,9H2,(H,10,15)(H,11,12,13,14). The van der Waals surface area contributed by atoms with E-state index in [4.69, 9.17) is 5.73 Å². The Morgan fingerprint density at radius 1 is 1.53 bits per heavy atom. The summed E-state index contributed by atoms with van der Waals surface area (Å²) in [4.78, 5) is 11.3. The summed E-state index contributed by atoms with van der Waals surface area (Å²) in [5, 5.41) is 16.7. The van der Waals surface area contributed by atoms with Gasteiger partial charge in [0.15, 0.2) is 5.82 Å². The molecule has 15 heavy (non-hydrogen) atoms. The summed E-state index contributed by atoms with van der Waals surface area (Å²) < 4.78 is 0. The average Bonchev–Trinajstić information content (AvgIpc) is 2.87. The third kappa shape index (κ3) is 1.82. The first kappa shape index (κ1) is 10.0. The number of amides is 1. The van der Waals surface area contributed by atoms with E-state index in [9.17, 15) is 4.79 Å². The zero-order chi connectivity index (χ0) is 10.7. The fourth-order valence-electron chi connectivity index (χ4n) is 2.07. The smallest absolute Gasteiger partial charge is 0.234 e. The highest BCUT2D eigenvalue weighted by atomic mass is 16.2. The van der Waals surface area contributed by atoms with E-state index in [0.29, 0.717) is 5.82 Å². The summed E-state index contributed by atoms with van der Waals surface area (Å²) in [6, 6.07) is 0. The SMILES string of the molecule is NCC(=O)NC1(c2nn[nH]n2)CCCC1. The molecule has 0 atom stereocenters. The summed E-state index contributed by atoms with van der Waals surface area (Å²) >= 11 is 0. The topological polar surface area (TPSA) is 110 Å². The van der Waals surface area contributed by atoms with E-state index in [1.807, 2.05) is 0 Å². The van der Waals surface area contributed by atoms with Crippen LogP contribution in [0.4, 0.5) is 0 Å². The molecule has 7 nitrogen and oxygen atoms in total. The third-order valence-electron chi connectivity index (χ3n) is 2.79. The maximum atomic E-state index is 11.3. The highest BCUT2D eigenvalue weighted by molar-refractivity contribution is 5.78. The van der Waals surface area contributed by atoms with Gasteiger partial charge in [0.1, 0.15) is 5.54 Å². The Hall–Kier alpha value is -1.50. The molecule has 0 bridgehead atoms. The quantitative estimate of drug-likeness (QED) is 0.595. The molecule has 1 aromatic rings. The van der Waals surface area contributed by atoms with Crippen molar-refractivity contribution in [2.75, 3.05) is 6.54 Å². The average molecular weight is 210 g/mol. The molecule has 1 aliphatic carbocycles. The molecule has 1 aliphatic rings. The first-order valence-corrected chi connectivity index (χ1v) is 5.02. The lowest BCUT2D eigenvalue weighted by atomic mass is 9.96. The van der Waals surface area contributed by atoms with Crippen LogP contribution < -0.4 is 11.1 Å². The van der Waals surface area contributed by atoms with Gasteiger partial charge >= 0.3 is 0 Å². The predicted octanol–water partition coefficient (Wildman–Crippen LogP) is -0.956. The summed E-state index contributed by atoms with van der Waals surface area (Å²) in [6.07, 6.45) is 3.80. The second-order valence-corrected chi connectivity index (χ2v) is 3.78.